The molecule has 0 unspecified atom stereocenters. The molecule has 1 amide bonds. The van der Waals surface area contributed by atoms with Crippen molar-refractivity contribution in [1.29, 1.82) is 0 Å². The molecule has 0 aliphatic carbocycles. The van der Waals surface area contributed by atoms with Crippen molar-refractivity contribution in [3.8, 4) is 0 Å². The molecule has 0 spiro atoms. The van der Waals surface area contributed by atoms with Crippen LogP contribution in [0.5, 0.6) is 0 Å². The summed E-state index contributed by atoms with van der Waals surface area (Å²) in [5, 5.41) is 1.67. The molecule has 2 aromatic heterocycles. The van der Waals surface area contributed by atoms with E-state index >= 15 is 0 Å². The Balaban J connectivity index is 1.86. The van der Waals surface area contributed by atoms with E-state index in [9.17, 15) is 9.59 Å². The standard InChI is InChI=1S/C20H14Cl2N2O3S2/c1-2-27-15(25)10-24-17-12(21)7-5-9-14(17)29-20(24)23-19(26)18-16(22)11-6-3-4-8-13(11)28-18/h3-9H,2,10H2,1H3. The molecule has 2 heterocycles. The zero-order valence-corrected chi connectivity index (χ0v) is 18.3. The minimum Gasteiger partial charge on any atom is -0.465 e. The first-order valence-electron chi connectivity index (χ1n) is 8.69. The number of nitrogens with zero attached hydrogens (tertiary/aromatic N) is 2. The van der Waals surface area contributed by atoms with Crippen molar-refractivity contribution in [3.63, 3.8) is 0 Å². The van der Waals surface area contributed by atoms with Crippen molar-refractivity contribution in [2.45, 2.75) is 13.5 Å². The number of ether oxygens (including phenoxy) is 1. The zero-order chi connectivity index (χ0) is 20.5. The number of amides is 1. The third-order valence-corrected chi connectivity index (χ3v) is 7.18. The van der Waals surface area contributed by atoms with Crippen LogP contribution in [0.25, 0.3) is 20.3 Å². The number of halogens is 2. The molecular weight excluding hydrogens is 451 g/mol. The molecule has 2 aromatic carbocycles. The van der Waals surface area contributed by atoms with Crippen LogP contribution < -0.4 is 4.80 Å². The van der Waals surface area contributed by atoms with Gasteiger partial charge in [0.05, 0.1) is 26.9 Å². The van der Waals surface area contributed by atoms with Crippen LogP contribution in [0.2, 0.25) is 10.0 Å². The Morgan fingerprint density at radius 1 is 1.07 bits per heavy atom. The number of aromatic nitrogens is 1. The van der Waals surface area contributed by atoms with Crippen LogP contribution in [0.1, 0.15) is 16.6 Å². The summed E-state index contributed by atoms with van der Waals surface area (Å²) in [6, 6.07) is 12.9. The van der Waals surface area contributed by atoms with Gasteiger partial charge in [0.15, 0.2) is 4.80 Å². The van der Waals surface area contributed by atoms with Gasteiger partial charge in [-0.2, -0.15) is 4.99 Å². The normalized spacial score (nSPS) is 12.0. The molecule has 0 N–H and O–H groups in total. The summed E-state index contributed by atoms with van der Waals surface area (Å²) in [4.78, 5) is 30.1. The maximum atomic E-state index is 12.9. The molecular formula is C20H14Cl2N2O3S2. The molecule has 0 radical (unpaired) electrons. The van der Waals surface area contributed by atoms with E-state index in [1.807, 2.05) is 36.4 Å². The third-order valence-electron chi connectivity index (χ3n) is 4.17. The lowest BCUT2D eigenvalue weighted by Crippen LogP contribution is -2.23. The number of esters is 1. The molecule has 5 nitrogen and oxygen atoms in total. The van der Waals surface area contributed by atoms with E-state index in [4.69, 9.17) is 27.9 Å². The first kappa shape index (κ1) is 20.1. The fourth-order valence-corrected chi connectivity index (χ4v) is 5.73. The lowest BCUT2D eigenvalue weighted by Gasteiger charge is -2.06. The van der Waals surface area contributed by atoms with Crippen LogP contribution in [0.4, 0.5) is 0 Å². The fourth-order valence-electron chi connectivity index (χ4n) is 2.94. The number of thiazole rings is 1. The smallest absolute Gasteiger partial charge is 0.326 e. The number of carbonyl (C=O) groups excluding carboxylic acids is 2. The van der Waals surface area contributed by atoms with Crippen LogP contribution in [0.3, 0.4) is 0 Å². The molecule has 148 valence electrons. The first-order chi connectivity index (χ1) is 14.0. The Morgan fingerprint density at radius 2 is 1.83 bits per heavy atom. The monoisotopic (exact) mass is 464 g/mol. The van der Waals surface area contributed by atoms with Crippen molar-refractivity contribution in [2.75, 3.05) is 6.61 Å². The van der Waals surface area contributed by atoms with Gasteiger partial charge in [-0.3, -0.25) is 9.59 Å². The molecule has 0 bridgehead atoms. The van der Waals surface area contributed by atoms with E-state index in [2.05, 4.69) is 4.99 Å². The summed E-state index contributed by atoms with van der Waals surface area (Å²) in [6.07, 6.45) is 0. The Bertz CT molecular complexity index is 1320. The van der Waals surface area contributed by atoms with Gasteiger partial charge in [0.2, 0.25) is 0 Å². The highest BCUT2D eigenvalue weighted by Gasteiger charge is 2.19. The van der Waals surface area contributed by atoms with Crippen molar-refractivity contribution < 1.29 is 14.3 Å². The number of fused-ring (bicyclic) bond motifs is 2. The maximum absolute atomic E-state index is 12.9. The molecule has 9 heteroatoms. The lowest BCUT2D eigenvalue weighted by molar-refractivity contribution is -0.143. The first-order valence-corrected chi connectivity index (χ1v) is 11.1. The van der Waals surface area contributed by atoms with Gasteiger partial charge < -0.3 is 9.30 Å². The quantitative estimate of drug-likeness (QED) is 0.373. The van der Waals surface area contributed by atoms with Crippen molar-refractivity contribution in [2.24, 2.45) is 4.99 Å². The van der Waals surface area contributed by atoms with E-state index < -0.39 is 11.9 Å². The highest BCUT2D eigenvalue weighted by atomic mass is 35.5. The van der Waals surface area contributed by atoms with Crippen molar-refractivity contribution >= 4 is 78.1 Å². The summed E-state index contributed by atoms with van der Waals surface area (Å²) < 4.78 is 8.40. The van der Waals surface area contributed by atoms with Crippen LogP contribution in [0.15, 0.2) is 47.5 Å². The second-order valence-corrected chi connectivity index (χ2v) is 8.87. The van der Waals surface area contributed by atoms with Crippen LogP contribution in [-0.2, 0) is 16.1 Å². The van der Waals surface area contributed by atoms with Crippen LogP contribution >= 0.6 is 45.9 Å². The van der Waals surface area contributed by atoms with Gasteiger partial charge in [-0.1, -0.05) is 58.8 Å². The van der Waals surface area contributed by atoms with Gasteiger partial charge >= 0.3 is 5.97 Å². The lowest BCUT2D eigenvalue weighted by atomic mass is 10.2. The van der Waals surface area contributed by atoms with E-state index in [1.54, 1.807) is 17.6 Å². The van der Waals surface area contributed by atoms with Gasteiger partial charge in [0.1, 0.15) is 11.4 Å². The van der Waals surface area contributed by atoms with Gasteiger partial charge in [0.25, 0.3) is 5.91 Å². The second-order valence-electron chi connectivity index (χ2n) is 6.02. The Kier molecular flexibility index (Phi) is 5.74. The number of rotatable bonds is 4. The Hall–Kier alpha value is -2.19. The molecule has 0 fully saturated rings. The summed E-state index contributed by atoms with van der Waals surface area (Å²) >= 11 is 15.3. The minimum absolute atomic E-state index is 0.0934. The summed E-state index contributed by atoms with van der Waals surface area (Å²) in [6.45, 7) is 1.90. The predicted octanol–water partition coefficient (Wildman–Crippen LogP) is 5.53. The van der Waals surface area contributed by atoms with Crippen molar-refractivity contribution in [1.82, 2.24) is 4.57 Å². The summed E-state index contributed by atoms with van der Waals surface area (Å²) in [7, 11) is 0. The molecule has 0 saturated heterocycles. The molecule has 0 atom stereocenters. The number of hydrogen-bond acceptors (Lipinski definition) is 5. The molecule has 29 heavy (non-hydrogen) atoms. The number of para-hydroxylation sites is 1. The van der Waals surface area contributed by atoms with Gasteiger partial charge in [0, 0.05) is 10.1 Å². The topological polar surface area (TPSA) is 60.7 Å². The number of thiophene rings is 1. The molecule has 4 aromatic rings. The van der Waals surface area contributed by atoms with E-state index in [0.717, 1.165) is 14.8 Å². The number of benzene rings is 2. The number of carbonyl (C=O) groups is 2. The van der Waals surface area contributed by atoms with Gasteiger partial charge in [-0.15, -0.1) is 11.3 Å². The zero-order valence-electron chi connectivity index (χ0n) is 15.1. The average molecular weight is 465 g/mol. The molecule has 0 saturated carbocycles. The molecule has 0 aliphatic rings. The van der Waals surface area contributed by atoms with E-state index in [0.29, 0.717) is 25.2 Å². The van der Waals surface area contributed by atoms with Gasteiger partial charge in [-0.05, 0) is 25.1 Å². The average Bonchev–Trinajstić information content (AvgIpc) is 3.21. The van der Waals surface area contributed by atoms with Gasteiger partial charge in [-0.25, -0.2) is 0 Å². The van der Waals surface area contributed by atoms with Crippen molar-refractivity contribution in [3.05, 3.63) is 62.2 Å². The fraction of sp³-hybridized carbons (Fsp3) is 0.150. The Labute approximate surface area is 183 Å². The molecule has 0 aliphatic heterocycles. The highest BCUT2D eigenvalue weighted by Crippen LogP contribution is 2.35. The summed E-state index contributed by atoms with van der Waals surface area (Å²) in [5.41, 5.74) is 0.640. The predicted molar refractivity (Wildman–Crippen MR) is 118 cm³/mol. The minimum atomic E-state index is -0.462. The maximum Gasteiger partial charge on any atom is 0.326 e. The largest absolute Gasteiger partial charge is 0.465 e. The Morgan fingerprint density at radius 3 is 2.59 bits per heavy atom. The SMILES string of the molecule is CCOC(=O)Cn1c(=NC(=O)c2sc3ccccc3c2Cl)sc2cccc(Cl)c21. The third kappa shape index (κ3) is 3.83. The second kappa shape index (κ2) is 8.28. The summed E-state index contributed by atoms with van der Waals surface area (Å²) in [5.74, 6) is -0.891. The van der Waals surface area contributed by atoms with Crippen LogP contribution in [-0.4, -0.2) is 23.1 Å². The number of hydrogen-bond donors (Lipinski definition) is 0. The van der Waals surface area contributed by atoms with E-state index in [-0.39, 0.29) is 13.2 Å². The molecule has 4 rings (SSSR count). The van der Waals surface area contributed by atoms with Crippen LogP contribution in [0, 0.1) is 0 Å². The van der Waals surface area contributed by atoms with E-state index in [1.165, 1.54) is 22.7 Å². The highest BCUT2D eigenvalue weighted by molar-refractivity contribution is 7.21.